The first kappa shape index (κ1) is 15.7. The molecule has 2 heterocycles. The van der Waals surface area contributed by atoms with Gasteiger partial charge in [0.15, 0.2) is 5.82 Å². The standard InChI is InChI=1S/C18H17N3O3/c1-13-9-16(24-12-17-19-7-2-8-20-17)10-18(23)21(13)11-14-3-5-15(22)6-4-14/h2-10,22H,11-12H2,1H3. The lowest BCUT2D eigenvalue weighted by Gasteiger charge is -2.12. The van der Waals surface area contributed by atoms with Gasteiger partial charge < -0.3 is 14.4 Å². The largest absolute Gasteiger partial charge is 0.508 e. The van der Waals surface area contributed by atoms with Crippen LogP contribution >= 0.6 is 0 Å². The SMILES string of the molecule is Cc1cc(OCc2ncccn2)cc(=O)n1Cc1ccc(O)cc1. The Kier molecular flexibility index (Phi) is 4.56. The summed E-state index contributed by atoms with van der Waals surface area (Å²) < 4.78 is 7.25. The van der Waals surface area contributed by atoms with E-state index in [2.05, 4.69) is 9.97 Å². The summed E-state index contributed by atoms with van der Waals surface area (Å²) in [7, 11) is 0. The maximum atomic E-state index is 12.3. The van der Waals surface area contributed by atoms with Crippen molar-refractivity contribution in [3.8, 4) is 11.5 Å². The second-order valence-electron chi connectivity index (χ2n) is 5.38. The smallest absolute Gasteiger partial charge is 0.254 e. The average molecular weight is 323 g/mol. The molecule has 1 aromatic carbocycles. The van der Waals surface area contributed by atoms with Crippen LogP contribution in [0.4, 0.5) is 0 Å². The van der Waals surface area contributed by atoms with E-state index in [-0.39, 0.29) is 17.9 Å². The van der Waals surface area contributed by atoms with E-state index in [0.29, 0.717) is 18.1 Å². The molecule has 0 fully saturated rings. The van der Waals surface area contributed by atoms with Crippen LogP contribution in [-0.2, 0) is 13.2 Å². The van der Waals surface area contributed by atoms with Gasteiger partial charge in [-0.3, -0.25) is 4.79 Å². The van der Waals surface area contributed by atoms with Gasteiger partial charge >= 0.3 is 0 Å². The van der Waals surface area contributed by atoms with Crippen LogP contribution < -0.4 is 10.3 Å². The first-order chi connectivity index (χ1) is 11.6. The number of ether oxygens (including phenoxy) is 1. The zero-order valence-electron chi connectivity index (χ0n) is 13.2. The average Bonchev–Trinajstić information content (AvgIpc) is 2.59. The van der Waals surface area contributed by atoms with E-state index in [9.17, 15) is 9.90 Å². The fraction of sp³-hybridized carbons (Fsp3) is 0.167. The molecule has 1 N–H and O–H groups in total. The van der Waals surface area contributed by atoms with E-state index in [0.717, 1.165) is 11.3 Å². The Morgan fingerprint density at radius 1 is 1.12 bits per heavy atom. The Balaban J connectivity index is 1.76. The molecule has 0 atom stereocenters. The van der Waals surface area contributed by atoms with Gasteiger partial charge in [0, 0.05) is 24.2 Å². The zero-order valence-corrected chi connectivity index (χ0v) is 13.2. The van der Waals surface area contributed by atoms with Crippen molar-refractivity contribution >= 4 is 0 Å². The summed E-state index contributed by atoms with van der Waals surface area (Å²) in [6.07, 6.45) is 3.29. The van der Waals surface area contributed by atoms with E-state index < -0.39 is 0 Å². The predicted octanol–water partition coefficient (Wildman–Crippen LogP) is 2.28. The molecular weight excluding hydrogens is 306 g/mol. The van der Waals surface area contributed by atoms with Crippen LogP contribution in [0.2, 0.25) is 0 Å². The lowest BCUT2D eigenvalue weighted by atomic mass is 10.2. The van der Waals surface area contributed by atoms with Crippen molar-refractivity contribution in [1.29, 1.82) is 0 Å². The lowest BCUT2D eigenvalue weighted by Crippen LogP contribution is -2.22. The zero-order chi connectivity index (χ0) is 16.9. The Bertz CT molecular complexity index is 874. The number of aromatic hydroxyl groups is 1. The summed E-state index contributed by atoms with van der Waals surface area (Å²) >= 11 is 0. The van der Waals surface area contributed by atoms with Gasteiger partial charge in [0.2, 0.25) is 0 Å². The molecule has 0 bridgehead atoms. The molecule has 0 saturated carbocycles. The first-order valence-electron chi connectivity index (χ1n) is 7.50. The van der Waals surface area contributed by atoms with Crippen LogP contribution in [-0.4, -0.2) is 19.6 Å². The van der Waals surface area contributed by atoms with Crippen molar-refractivity contribution in [2.75, 3.05) is 0 Å². The molecule has 122 valence electrons. The predicted molar refractivity (Wildman–Crippen MR) is 89.0 cm³/mol. The van der Waals surface area contributed by atoms with E-state index in [1.165, 1.54) is 6.07 Å². The molecule has 0 unspecified atom stereocenters. The van der Waals surface area contributed by atoms with Crippen molar-refractivity contribution in [1.82, 2.24) is 14.5 Å². The highest BCUT2D eigenvalue weighted by Gasteiger charge is 2.06. The quantitative estimate of drug-likeness (QED) is 0.779. The van der Waals surface area contributed by atoms with Crippen LogP contribution in [0.15, 0.2) is 59.7 Å². The number of aryl methyl sites for hydroxylation is 1. The Morgan fingerprint density at radius 2 is 1.83 bits per heavy atom. The molecule has 0 spiro atoms. The summed E-state index contributed by atoms with van der Waals surface area (Å²) in [5.74, 6) is 1.25. The number of aromatic nitrogens is 3. The number of benzene rings is 1. The molecule has 24 heavy (non-hydrogen) atoms. The number of hydrogen-bond donors (Lipinski definition) is 1. The van der Waals surface area contributed by atoms with Gasteiger partial charge in [0.05, 0.1) is 6.54 Å². The van der Waals surface area contributed by atoms with Crippen molar-refractivity contribution in [2.45, 2.75) is 20.1 Å². The van der Waals surface area contributed by atoms with Gasteiger partial charge in [-0.15, -0.1) is 0 Å². The number of rotatable bonds is 5. The molecule has 6 nitrogen and oxygen atoms in total. The molecule has 0 radical (unpaired) electrons. The third kappa shape index (κ3) is 3.78. The normalized spacial score (nSPS) is 10.5. The van der Waals surface area contributed by atoms with Crippen molar-refractivity contribution in [3.05, 3.63) is 82.3 Å². The summed E-state index contributed by atoms with van der Waals surface area (Å²) in [5, 5.41) is 9.33. The van der Waals surface area contributed by atoms with Gasteiger partial charge in [-0.25, -0.2) is 9.97 Å². The lowest BCUT2D eigenvalue weighted by molar-refractivity contribution is 0.294. The van der Waals surface area contributed by atoms with E-state index >= 15 is 0 Å². The Labute approximate surface area is 139 Å². The summed E-state index contributed by atoms with van der Waals surface area (Å²) in [4.78, 5) is 20.5. The van der Waals surface area contributed by atoms with Crippen LogP contribution in [0, 0.1) is 6.92 Å². The first-order valence-corrected chi connectivity index (χ1v) is 7.50. The van der Waals surface area contributed by atoms with Crippen LogP contribution in [0.3, 0.4) is 0 Å². The molecule has 3 rings (SSSR count). The van der Waals surface area contributed by atoms with Crippen molar-refractivity contribution in [2.24, 2.45) is 0 Å². The van der Waals surface area contributed by atoms with Gasteiger partial charge in [-0.05, 0) is 36.8 Å². The molecule has 2 aromatic heterocycles. The fourth-order valence-corrected chi connectivity index (χ4v) is 2.32. The highest BCUT2D eigenvalue weighted by molar-refractivity contribution is 5.28. The minimum absolute atomic E-state index is 0.146. The van der Waals surface area contributed by atoms with E-state index in [4.69, 9.17) is 4.74 Å². The Hall–Kier alpha value is -3.15. The number of nitrogens with zero attached hydrogens (tertiary/aromatic N) is 3. The number of phenols is 1. The van der Waals surface area contributed by atoms with E-state index in [1.807, 2.05) is 13.0 Å². The van der Waals surface area contributed by atoms with Gasteiger partial charge in [0.1, 0.15) is 18.1 Å². The van der Waals surface area contributed by atoms with Crippen molar-refractivity contribution < 1.29 is 9.84 Å². The third-order valence-electron chi connectivity index (χ3n) is 3.57. The second-order valence-corrected chi connectivity index (χ2v) is 5.38. The monoisotopic (exact) mass is 323 g/mol. The number of phenolic OH excluding ortho intramolecular Hbond substituents is 1. The van der Waals surface area contributed by atoms with Gasteiger partial charge in [-0.1, -0.05) is 12.1 Å². The van der Waals surface area contributed by atoms with Crippen molar-refractivity contribution in [3.63, 3.8) is 0 Å². The Morgan fingerprint density at radius 3 is 2.50 bits per heavy atom. The number of pyridine rings is 1. The molecule has 0 aliphatic carbocycles. The second kappa shape index (κ2) is 6.95. The van der Waals surface area contributed by atoms with Crippen LogP contribution in [0.1, 0.15) is 17.1 Å². The highest BCUT2D eigenvalue weighted by atomic mass is 16.5. The maximum Gasteiger partial charge on any atom is 0.254 e. The minimum Gasteiger partial charge on any atom is -0.508 e. The summed E-state index contributed by atoms with van der Waals surface area (Å²) in [6, 6.07) is 11.8. The molecule has 0 aliphatic rings. The third-order valence-corrected chi connectivity index (χ3v) is 3.57. The minimum atomic E-state index is -0.146. The molecule has 0 saturated heterocycles. The number of hydrogen-bond acceptors (Lipinski definition) is 5. The van der Waals surface area contributed by atoms with E-state index in [1.54, 1.807) is 47.3 Å². The molecular formula is C18H17N3O3. The molecule has 0 amide bonds. The summed E-state index contributed by atoms with van der Waals surface area (Å²) in [5.41, 5.74) is 1.58. The fourth-order valence-electron chi connectivity index (χ4n) is 2.32. The molecule has 0 aliphatic heterocycles. The van der Waals surface area contributed by atoms with Gasteiger partial charge in [0.25, 0.3) is 5.56 Å². The molecule has 3 aromatic rings. The summed E-state index contributed by atoms with van der Waals surface area (Å²) in [6.45, 7) is 2.50. The molecule has 6 heteroatoms. The highest BCUT2D eigenvalue weighted by Crippen LogP contribution is 2.14. The van der Waals surface area contributed by atoms with Gasteiger partial charge in [-0.2, -0.15) is 0 Å². The maximum absolute atomic E-state index is 12.3. The topological polar surface area (TPSA) is 77.2 Å². The van der Waals surface area contributed by atoms with Crippen LogP contribution in [0.25, 0.3) is 0 Å². The van der Waals surface area contributed by atoms with Crippen LogP contribution in [0.5, 0.6) is 11.5 Å².